The fourth-order valence-electron chi connectivity index (χ4n) is 2.08. The van der Waals surface area contributed by atoms with Crippen molar-refractivity contribution in [2.75, 3.05) is 11.9 Å². The summed E-state index contributed by atoms with van der Waals surface area (Å²) < 4.78 is 0. The lowest BCUT2D eigenvalue weighted by Gasteiger charge is -2.22. The smallest absolute Gasteiger partial charge is 0.255 e. The van der Waals surface area contributed by atoms with Gasteiger partial charge in [-0.05, 0) is 50.6 Å². The zero-order valence-corrected chi connectivity index (χ0v) is 13.7. The lowest BCUT2D eigenvalue weighted by Crippen LogP contribution is -2.36. The molecule has 0 saturated carbocycles. The number of pyridine rings is 1. The fourth-order valence-corrected chi connectivity index (χ4v) is 2.08. The molecule has 0 aliphatic heterocycles. The Labute approximate surface area is 136 Å². The number of hydrogen-bond acceptors (Lipinski definition) is 4. The molecule has 1 amide bonds. The molecule has 1 heterocycles. The largest absolute Gasteiger partial charge is 0.389 e. The number of benzene rings is 1. The maximum Gasteiger partial charge on any atom is 0.255 e. The van der Waals surface area contributed by atoms with Crippen LogP contribution in [0.4, 0.5) is 5.69 Å². The zero-order valence-electron chi connectivity index (χ0n) is 13.7. The molecular weight excluding hydrogens is 290 g/mol. The monoisotopic (exact) mass is 313 g/mol. The molecule has 2 rings (SSSR count). The zero-order chi connectivity index (χ0) is 16.9. The van der Waals surface area contributed by atoms with Crippen LogP contribution < -0.4 is 10.6 Å². The second kappa shape index (κ2) is 7.35. The van der Waals surface area contributed by atoms with Crippen LogP contribution in [-0.2, 0) is 0 Å². The van der Waals surface area contributed by atoms with E-state index in [0.29, 0.717) is 12.1 Å². The molecule has 0 radical (unpaired) electrons. The van der Waals surface area contributed by atoms with E-state index in [1.54, 1.807) is 38.4 Å². The van der Waals surface area contributed by atoms with Crippen molar-refractivity contribution in [3.8, 4) is 0 Å². The Morgan fingerprint density at radius 2 is 1.78 bits per heavy atom. The van der Waals surface area contributed by atoms with Gasteiger partial charge in [-0.25, -0.2) is 0 Å². The minimum Gasteiger partial charge on any atom is -0.389 e. The average molecular weight is 313 g/mol. The average Bonchev–Trinajstić information content (AvgIpc) is 2.53. The summed E-state index contributed by atoms with van der Waals surface area (Å²) in [5.74, 6) is -0.159. The van der Waals surface area contributed by atoms with E-state index >= 15 is 0 Å². The Bertz CT molecular complexity index is 634. The quantitative estimate of drug-likeness (QED) is 0.766. The number of aromatic nitrogens is 1. The van der Waals surface area contributed by atoms with E-state index in [9.17, 15) is 9.90 Å². The van der Waals surface area contributed by atoms with Crippen LogP contribution in [0.2, 0.25) is 0 Å². The van der Waals surface area contributed by atoms with Gasteiger partial charge in [-0.15, -0.1) is 0 Å². The van der Waals surface area contributed by atoms with Gasteiger partial charge in [-0.2, -0.15) is 0 Å². The first-order chi connectivity index (χ1) is 10.8. The number of aliphatic hydroxyl groups is 1. The Morgan fingerprint density at radius 1 is 1.17 bits per heavy atom. The van der Waals surface area contributed by atoms with Crippen LogP contribution in [0.5, 0.6) is 0 Å². The van der Waals surface area contributed by atoms with Gasteiger partial charge in [0.25, 0.3) is 5.91 Å². The number of hydrogen-bond donors (Lipinski definition) is 3. The van der Waals surface area contributed by atoms with Crippen LogP contribution in [-0.4, -0.2) is 28.1 Å². The van der Waals surface area contributed by atoms with E-state index < -0.39 is 5.60 Å². The van der Waals surface area contributed by atoms with E-state index in [4.69, 9.17) is 0 Å². The minimum absolute atomic E-state index is 0.117. The number of nitrogens with zero attached hydrogens (tertiary/aromatic N) is 1. The molecule has 0 saturated heterocycles. The lowest BCUT2D eigenvalue weighted by molar-refractivity contribution is 0.0770. The van der Waals surface area contributed by atoms with Gasteiger partial charge in [0.1, 0.15) is 0 Å². The Balaban J connectivity index is 1.95. The maximum atomic E-state index is 12.1. The summed E-state index contributed by atoms with van der Waals surface area (Å²) in [6.07, 6.45) is 3.18. The van der Waals surface area contributed by atoms with Gasteiger partial charge in [0.15, 0.2) is 0 Å². The molecule has 1 atom stereocenters. The summed E-state index contributed by atoms with van der Waals surface area (Å²) in [5, 5.41) is 15.9. The van der Waals surface area contributed by atoms with Gasteiger partial charge in [0.05, 0.1) is 5.60 Å². The number of amides is 1. The molecule has 5 nitrogen and oxygen atoms in total. The van der Waals surface area contributed by atoms with E-state index in [-0.39, 0.29) is 11.9 Å². The van der Waals surface area contributed by atoms with E-state index in [2.05, 4.69) is 15.6 Å². The summed E-state index contributed by atoms with van der Waals surface area (Å²) in [5.41, 5.74) is 1.66. The van der Waals surface area contributed by atoms with Crippen molar-refractivity contribution >= 4 is 11.6 Å². The third kappa shape index (κ3) is 5.47. The van der Waals surface area contributed by atoms with Crippen LogP contribution in [0, 0.1) is 0 Å². The van der Waals surface area contributed by atoms with Crippen molar-refractivity contribution in [1.29, 1.82) is 0 Å². The summed E-state index contributed by atoms with van der Waals surface area (Å²) in [6.45, 7) is 6.08. The van der Waals surface area contributed by atoms with Crippen LogP contribution >= 0.6 is 0 Å². The van der Waals surface area contributed by atoms with Crippen molar-refractivity contribution < 1.29 is 9.90 Å². The van der Waals surface area contributed by atoms with Crippen LogP contribution in [0.1, 0.15) is 42.7 Å². The van der Waals surface area contributed by atoms with E-state index in [1.807, 2.05) is 31.2 Å². The highest BCUT2D eigenvalue weighted by atomic mass is 16.3. The summed E-state index contributed by atoms with van der Waals surface area (Å²) in [7, 11) is 0. The van der Waals surface area contributed by atoms with Crippen LogP contribution in [0.25, 0.3) is 0 Å². The minimum atomic E-state index is -0.743. The molecule has 5 heteroatoms. The molecule has 2 aromatic rings. The summed E-state index contributed by atoms with van der Waals surface area (Å²) in [6, 6.07) is 11.1. The normalized spacial score (nSPS) is 12.7. The number of anilines is 1. The Morgan fingerprint density at radius 3 is 2.35 bits per heavy atom. The highest BCUT2D eigenvalue weighted by Crippen LogP contribution is 2.17. The lowest BCUT2D eigenvalue weighted by atomic mass is 10.1. The van der Waals surface area contributed by atoms with Crippen LogP contribution in [0.3, 0.4) is 0 Å². The third-order valence-corrected chi connectivity index (χ3v) is 3.45. The molecule has 1 aromatic heterocycles. The molecule has 23 heavy (non-hydrogen) atoms. The number of carbonyl (C=O) groups excluding carboxylic acids is 1. The molecule has 1 unspecified atom stereocenters. The Kier molecular flexibility index (Phi) is 5.47. The summed E-state index contributed by atoms with van der Waals surface area (Å²) in [4.78, 5) is 16.0. The first-order valence-corrected chi connectivity index (χ1v) is 7.62. The molecular formula is C18H23N3O2. The third-order valence-electron chi connectivity index (χ3n) is 3.45. The van der Waals surface area contributed by atoms with Gasteiger partial charge < -0.3 is 15.7 Å². The van der Waals surface area contributed by atoms with Gasteiger partial charge in [-0.1, -0.05) is 12.1 Å². The summed E-state index contributed by atoms with van der Waals surface area (Å²) >= 11 is 0. The van der Waals surface area contributed by atoms with E-state index in [0.717, 1.165) is 11.3 Å². The number of nitrogens with one attached hydrogen (secondary N) is 2. The fraction of sp³-hybridized carbons (Fsp3) is 0.333. The topological polar surface area (TPSA) is 74.2 Å². The van der Waals surface area contributed by atoms with Gasteiger partial charge in [-0.3, -0.25) is 9.78 Å². The molecule has 1 aromatic carbocycles. The van der Waals surface area contributed by atoms with Crippen LogP contribution in [0.15, 0.2) is 48.8 Å². The predicted octanol–water partition coefficient (Wildman–Crippen LogP) is 2.76. The van der Waals surface area contributed by atoms with Crippen molar-refractivity contribution in [1.82, 2.24) is 10.3 Å². The van der Waals surface area contributed by atoms with Crippen molar-refractivity contribution in [3.05, 3.63) is 59.9 Å². The standard InChI is InChI=1S/C18H23N3O2/c1-13(20-12-18(2,3)23)14-4-6-16(7-5-14)21-17(22)15-8-10-19-11-9-15/h4-11,13,20,23H,12H2,1-3H3,(H,21,22). The first-order valence-electron chi connectivity index (χ1n) is 7.62. The molecule has 0 spiro atoms. The van der Waals surface area contributed by atoms with Gasteiger partial charge in [0.2, 0.25) is 0 Å². The number of carbonyl (C=O) groups is 1. The molecule has 0 aliphatic carbocycles. The van der Waals surface area contributed by atoms with E-state index in [1.165, 1.54) is 0 Å². The van der Waals surface area contributed by atoms with Crippen molar-refractivity contribution in [2.45, 2.75) is 32.4 Å². The number of rotatable bonds is 6. The highest BCUT2D eigenvalue weighted by Gasteiger charge is 2.14. The molecule has 3 N–H and O–H groups in total. The second-order valence-electron chi connectivity index (χ2n) is 6.23. The molecule has 0 aliphatic rings. The second-order valence-corrected chi connectivity index (χ2v) is 6.23. The maximum absolute atomic E-state index is 12.1. The van der Waals surface area contributed by atoms with Crippen molar-refractivity contribution in [2.24, 2.45) is 0 Å². The first kappa shape index (κ1) is 17.1. The van der Waals surface area contributed by atoms with Crippen molar-refractivity contribution in [3.63, 3.8) is 0 Å². The molecule has 0 fully saturated rings. The predicted molar refractivity (Wildman–Crippen MR) is 91.3 cm³/mol. The molecule has 122 valence electrons. The molecule has 0 bridgehead atoms. The Hall–Kier alpha value is -2.24. The SMILES string of the molecule is CC(NCC(C)(C)O)c1ccc(NC(=O)c2ccncc2)cc1. The van der Waals surface area contributed by atoms with Gasteiger partial charge in [0, 0.05) is 36.2 Å². The van der Waals surface area contributed by atoms with Gasteiger partial charge >= 0.3 is 0 Å². The highest BCUT2D eigenvalue weighted by molar-refractivity contribution is 6.04.